The van der Waals surface area contributed by atoms with Crippen LogP contribution >= 0.6 is 34.2 Å². The zero-order valence-electron chi connectivity index (χ0n) is 14.7. The van der Waals surface area contributed by atoms with Gasteiger partial charge in [0.2, 0.25) is 0 Å². The molecule has 0 radical (unpaired) electrons. The van der Waals surface area contributed by atoms with E-state index in [4.69, 9.17) is 11.6 Å². The van der Waals surface area contributed by atoms with E-state index in [1.807, 2.05) is 54.6 Å². The fraction of sp³-hybridized carbons (Fsp3) is 0. The highest BCUT2D eigenvalue weighted by Crippen LogP contribution is 2.29. The van der Waals surface area contributed by atoms with Crippen molar-refractivity contribution in [2.75, 3.05) is 0 Å². The molecule has 1 nitrogen and oxygen atoms in total. The van der Waals surface area contributed by atoms with Gasteiger partial charge in [0.1, 0.15) is 0 Å². The largest absolute Gasteiger partial charge is 0.289 e. The van der Waals surface area contributed by atoms with Crippen molar-refractivity contribution in [3.63, 3.8) is 0 Å². The molecule has 4 aromatic carbocycles. The van der Waals surface area contributed by atoms with E-state index in [0.717, 1.165) is 25.5 Å². The first-order valence-electron chi connectivity index (χ1n) is 8.72. The quantitative estimate of drug-likeness (QED) is 0.172. The third-order valence-electron chi connectivity index (χ3n) is 4.44. The van der Waals surface area contributed by atoms with Gasteiger partial charge in [-0.3, -0.25) is 4.79 Å². The highest BCUT2D eigenvalue weighted by atomic mass is 127. The lowest BCUT2D eigenvalue weighted by Gasteiger charge is -2.11. The number of fused-ring (bicyclic) bond motifs is 1. The SMILES string of the molecule is O=C(c1ccc(Cl)cc1)c1c(C#Cc2ccccc2)c(I)cc2ccccc12. The van der Waals surface area contributed by atoms with Crippen LogP contribution in [-0.4, -0.2) is 5.78 Å². The van der Waals surface area contributed by atoms with Gasteiger partial charge in [-0.25, -0.2) is 0 Å². The van der Waals surface area contributed by atoms with Crippen LogP contribution in [-0.2, 0) is 0 Å². The van der Waals surface area contributed by atoms with Gasteiger partial charge in [-0.05, 0) is 75.8 Å². The number of halogens is 2. The molecule has 0 unspecified atom stereocenters. The second kappa shape index (κ2) is 8.18. The Kier molecular flexibility index (Phi) is 5.47. The van der Waals surface area contributed by atoms with Crippen LogP contribution in [0.3, 0.4) is 0 Å². The Morgan fingerprint density at radius 3 is 2.25 bits per heavy atom. The highest BCUT2D eigenvalue weighted by Gasteiger charge is 2.19. The molecule has 0 amide bonds. The van der Waals surface area contributed by atoms with Crippen LogP contribution in [0.1, 0.15) is 27.0 Å². The smallest absolute Gasteiger partial charge is 0.194 e. The zero-order chi connectivity index (χ0) is 19.5. The molecule has 28 heavy (non-hydrogen) atoms. The average molecular weight is 493 g/mol. The minimum atomic E-state index is -0.0521. The van der Waals surface area contributed by atoms with Crippen LogP contribution < -0.4 is 0 Å². The second-order valence-corrected chi connectivity index (χ2v) is 7.88. The summed E-state index contributed by atoms with van der Waals surface area (Å²) in [4.78, 5) is 13.4. The minimum Gasteiger partial charge on any atom is -0.289 e. The molecular weight excluding hydrogens is 479 g/mol. The number of carbonyl (C=O) groups is 1. The molecule has 0 aliphatic heterocycles. The maximum absolute atomic E-state index is 13.4. The zero-order valence-corrected chi connectivity index (χ0v) is 17.7. The Hall–Kier alpha value is -2.61. The molecule has 0 aromatic heterocycles. The molecule has 0 atom stereocenters. The molecule has 4 rings (SSSR count). The molecule has 134 valence electrons. The Balaban J connectivity index is 1.95. The standard InChI is InChI=1S/C25H14ClIO/c26-20-13-11-18(12-14-20)25(28)24-21-9-5-4-8-19(21)16-23(27)22(24)15-10-17-6-2-1-3-7-17/h1-9,11-14,16H. The Bertz CT molecular complexity index is 1230. The summed E-state index contributed by atoms with van der Waals surface area (Å²) in [6.45, 7) is 0. The number of carbonyl (C=O) groups excluding carboxylic acids is 1. The van der Waals surface area contributed by atoms with E-state index in [-0.39, 0.29) is 5.78 Å². The van der Waals surface area contributed by atoms with Crippen molar-refractivity contribution in [1.82, 2.24) is 0 Å². The van der Waals surface area contributed by atoms with Crippen molar-refractivity contribution in [3.8, 4) is 11.8 Å². The summed E-state index contributed by atoms with van der Waals surface area (Å²) >= 11 is 8.26. The van der Waals surface area contributed by atoms with Gasteiger partial charge in [0.15, 0.2) is 5.78 Å². The summed E-state index contributed by atoms with van der Waals surface area (Å²) in [5.74, 6) is 6.39. The van der Waals surface area contributed by atoms with Crippen molar-refractivity contribution < 1.29 is 4.79 Å². The Morgan fingerprint density at radius 2 is 1.50 bits per heavy atom. The third kappa shape index (κ3) is 3.82. The molecule has 0 bridgehead atoms. The maximum Gasteiger partial charge on any atom is 0.194 e. The first kappa shape index (κ1) is 18.7. The topological polar surface area (TPSA) is 17.1 Å². The number of benzene rings is 4. The van der Waals surface area contributed by atoms with E-state index in [9.17, 15) is 4.79 Å². The normalized spacial score (nSPS) is 10.4. The maximum atomic E-state index is 13.4. The molecule has 0 spiro atoms. The van der Waals surface area contributed by atoms with Crippen LogP contribution in [0.2, 0.25) is 5.02 Å². The van der Waals surface area contributed by atoms with Crippen molar-refractivity contribution in [2.24, 2.45) is 0 Å². The predicted octanol–water partition coefficient (Wildman–Crippen LogP) is 6.73. The van der Waals surface area contributed by atoms with Crippen LogP contribution in [0.15, 0.2) is 84.9 Å². The predicted molar refractivity (Wildman–Crippen MR) is 124 cm³/mol. The van der Waals surface area contributed by atoms with E-state index in [1.165, 1.54) is 0 Å². The van der Waals surface area contributed by atoms with E-state index < -0.39 is 0 Å². The summed E-state index contributed by atoms with van der Waals surface area (Å²) in [7, 11) is 0. The van der Waals surface area contributed by atoms with Crippen molar-refractivity contribution in [1.29, 1.82) is 0 Å². The van der Waals surface area contributed by atoms with Gasteiger partial charge in [0.05, 0.1) is 5.56 Å². The second-order valence-electron chi connectivity index (χ2n) is 6.28. The number of hydrogen-bond acceptors (Lipinski definition) is 1. The van der Waals surface area contributed by atoms with Gasteiger partial charge >= 0.3 is 0 Å². The van der Waals surface area contributed by atoms with Crippen LogP contribution in [0.4, 0.5) is 0 Å². The van der Waals surface area contributed by atoms with Crippen LogP contribution in [0.5, 0.6) is 0 Å². The monoisotopic (exact) mass is 492 g/mol. The van der Waals surface area contributed by atoms with Crippen LogP contribution in [0.25, 0.3) is 10.8 Å². The molecule has 0 aliphatic carbocycles. The van der Waals surface area contributed by atoms with Crippen molar-refractivity contribution >= 4 is 50.7 Å². The Morgan fingerprint density at radius 1 is 0.821 bits per heavy atom. The molecule has 0 N–H and O–H groups in total. The summed E-state index contributed by atoms with van der Waals surface area (Å²) in [6, 6.07) is 26.8. The van der Waals surface area contributed by atoms with E-state index in [0.29, 0.717) is 16.1 Å². The molecule has 0 fully saturated rings. The lowest BCUT2D eigenvalue weighted by Crippen LogP contribution is -2.07. The fourth-order valence-corrected chi connectivity index (χ4v) is 3.94. The third-order valence-corrected chi connectivity index (χ3v) is 5.54. The Labute approximate surface area is 182 Å². The van der Waals surface area contributed by atoms with Crippen molar-refractivity contribution in [2.45, 2.75) is 0 Å². The van der Waals surface area contributed by atoms with E-state index in [1.54, 1.807) is 24.3 Å². The highest BCUT2D eigenvalue weighted by molar-refractivity contribution is 14.1. The van der Waals surface area contributed by atoms with Gasteiger partial charge < -0.3 is 0 Å². The first-order chi connectivity index (χ1) is 13.6. The number of hydrogen-bond donors (Lipinski definition) is 0. The van der Waals surface area contributed by atoms with Crippen molar-refractivity contribution in [3.05, 3.63) is 116 Å². The summed E-state index contributed by atoms with van der Waals surface area (Å²) < 4.78 is 0.956. The molecule has 0 saturated carbocycles. The van der Waals surface area contributed by atoms with E-state index in [2.05, 4.69) is 40.5 Å². The lowest BCUT2D eigenvalue weighted by molar-refractivity contribution is 0.104. The van der Waals surface area contributed by atoms with Gasteiger partial charge in [-0.2, -0.15) is 0 Å². The molecular formula is C25H14ClIO. The molecule has 0 heterocycles. The van der Waals surface area contributed by atoms with Gasteiger partial charge in [0, 0.05) is 25.3 Å². The van der Waals surface area contributed by atoms with E-state index >= 15 is 0 Å². The molecule has 0 saturated heterocycles. The lowest BCUT2D eigenvalue weighted by atomic mass is 9.92. The fourth-order valence-electron chi connectivity index (χ4n) is 3.07. The first-order valence-corrected chi connectivity index (χ1v) is 10.2. The number of rotatable bonds is 2. The molecule has 0 aliphatic rings. The minimum absolute atomic E-state index is 0.0521. The molecule has 3 heteroatoms. The van der Waals surface area contributed by atoms with Gasteiger partial charge in [-0.1, -0.05) is 65.9 Å². The molecule has 4 aromatic rings. The summed E-state index contributed by atoms with van der Waals surface area (Å²) in [5.41, 5.74) is 2.90. The summed E-state index contributed by atoms with van der Waals surface area (Å²) in [6.07, 6.45) is 0. The van der Waals surface area contributed by atoms with Gasteiger partial charge in [0.25, 0.3) is 0 Å². The van der Waals surface area contributed by atoms with Gasteiger partial charge in [-0.15, -0.1) is 0 Å². The number of ketones is 1. The van der Waals surface area contributed by atoms with Crippen LogP contribution in [0, 0.1) is 15.4 Å². The summed E-state index contributed by atoms with van der Waals surface area (Å²) in [5, 5.41) is 2.53. The average Bonchev–Trinajstić information content (AvgIpc) is 2.72.